The first kappa shape index (κ1) is 19.6. The molecule has 1 unspecified atom stereocenters. The van der Waals surface area contributed by atoms with Crippen molar-refractivity contribution >= 4 is 16.8 Å². The van der Waals surface area contributed by atoms with Gasteiger partial charge in [0.1, 0.15) is 5.76 Å². The van der Waals surface area contributed by atoms with Crippen LogP contribution < -0.4 is 14.8 Å². The molecule has 0 aliphatic carbocycles. The largest absolute Gasteiger partial charge is 0.493 e. The van der Waals surface area contributed by atoms with Crippen molar-refractivity contribution in [1.29, 1.82) is 0 Å². The van der Waals surface area contributed by atoms with Gasteiger partial charge in [-0.15, -0.1) is 0 Å². The number of rotatable bonds is 7. The highest BCUT2D eigenvalue weighted by molar-refractivity contribution is 5.95. The molecule has 0 saturated carbocycles. The molecule has 30 heavy (non-hydrogen) atoms. The fourth-order valence-electron chi connectivity index (χ4n) is 3.87. The van der Waals surface area contributed by atoms with E-state index in [1.54, 1.807) is 27.2 Å². The zero-order valence-corrected chi connectivity index (χ0v) is 17.2. The van der Waals surface area contributed by atoms with Gasteiger partial charge < -0.3 is 24.2 Å². The van der Waals surface area contributed by atoms with Gasteiger partial charge in [-0.1, -0.05) is 30.3 Å². The van der Waals surface area contributed by atoms with E-state index in [0.29, 0.717) is 29.4 Å². The molecule has 0 radical (unpaired) electrons. The predicted octanol–water partition coefficient (Wildman–Crippen LogP) is 4.65. The third-order valence-electron chi connectivity index (χ3n) is 5.38. The first-order chi connectivity index (χ1) is 14.6. The van der Waals surface area contributed by atoms with Crippen LogP contribution in [0.15, 0.2) is 65.4 Å². The van der Waals surface area contributed by atoms with Crippen molar-refractivity contribution in [2.45, 2.75) is 12.8 Å². The molecule has 4 rings (SSSR count). The summed E-state index contributed by atoms with van der Waals surface area (Å²) in [6.45, 7) is 2.16. The Morgan fingerprint density at radius 1 is 1.07 bits per heavy atom. The van der Waals surface area contributed by atoms with Gasteiger partial charge in [0.25, 0.3) is 5.91 Å². The molecule has 4 aromatic rings. The van der Waals surface area contributed by atoms with Gasteiger partial charge in [0, 0.05) is 35.1 Å². The number of amides is 1. The van der Waals surface area contributed by atoms with Crippen LogP contribution in [0.5, 0.6) is 11.5 Å². The van der Waals surface area contributed by atoms with Gasteiger partial charge in [0.2, 0.25) is 0 Å². The summed E-state index contributed by atoms with van der Waals surface area (Å²) >= 11 is 0. The van der Waals surface area contributed by atoms with Crippen LogP contribution in [0, 0.1) is 6.92 Å². The van der Waals surface area contributed by atoms with Gasteiger partial charge in [0.15, 0.2) is 11.5 Å². The zero-order chi connectivity index (χ0) is 21.1. The molecule has 0 fully saturated rings. The molecule has 2 heterocycles. The second-order valence-corrected chi connectivity index (χ2v) is 7.03. The lowest BCUT2D eigenvalue weighted by atomic mass is 9.89. The summed E-state index contributed by atoms with van der Waals surface area (Å²) in [5.74, 6) is 1.58. The number of aromatic amines is 1. The van der Waals surface area contributed by atoms with Gasteiger partial charge in [0.05, 0.1) is 26.0 Å². The Hall–Kier alpha value is -3.67. The molecule has 0 bridgehead atoms. The molecule has 0 aliphatic rings. The Labute approximate surface area is 174 Å². The summed E-state index contributed by atoms with van der Waals surface area (Å²) in [5, 5.41) is 4.16. The summed E-state index contributed by atoms with van der Waals surface area (Å²) in [7, 11) is 3.24. The Morgan fingerprint density at radius 2 is 1.90 bits per heavy atom. The topological polar surface area (TPSA) is 76.5 Å². The van der Waals surface area contributed by atoms with Gasteiger partial charge in [-0.3, -0.25) is 4.79 Å². The van der Waals surface area contributed by atoms with E-state index in [1.807, 2.05) is 42.6 Å². The smallest absolute Gasteiger partial charge is 0.254 e. The Morgan fingerprint density at radius 3 is 2.63 bits per heavy atom. The average molecular weight is 404 g/mol. The van der Waals surface area contributed by atoms with Crippen molar-refractivity contribution < 1.29 is 18.7 Å². The Kier molecular flexibility index (Phi) is 5.48. The number of H-pyrrole nitrogens is 1. The molecule has 154 valence electrons. The lowest BCUT2D eigenvalue weighted by molar-refractivity contribution is 0.0951. The maximum absolute atomic E-state index is 12.7. The summed E-state index contributed by atoms with van der Waals surface area (Å²) in [6, 6.07) is 15.6. The van der Waals surface area contributed by atoms with Crippen LogP contribution in [0.1, 0.15) is 33.2 Å². The van der Waals surface area contributed by atoms with Crippen LogP contribution in [0.2, 0.25) is 0 Å². The third kappa shape index (κ3) is 3.52. The van der Waals surface area contributed by atoms with Gasteiger partial charge in [-0.05, 0) is 30.7 Å². The van der Waals surface area contributed by atoms with Gasteiger partial charge >= 0.3 is 0 Å². The molecular formula is C24H24N2O4. The second-order valence-electron chi connectivity index (χ2n) is 7.03. The fourth-order valence-corrected chi connectivity index (χ4v) is 3.87. The number of furan rings is 1. The fraction of sp³-hybridized carbons (Fsp3) is 0.208. The number of fused-ring (bicyclic) bond motifs is 1. The van der Waals surface area contributed by atoms with Crippen LogP contribution in [-0.4, -0.2) is 31.7 Å². The summed E-state index contributed by atoms with van der Waals surface area (Å²) < 4.78 is 16.5. The number of nitrogens with one attached hydrogen (secondary N) is 2. The summed E-state index contributed by atoms with van der Waals surface area (Å²) in [4.78, 5) is 16.1. The van der Waals surface area contributed by atoms with Crippen molar-refractivity contribution in [3.8, 4) is 11.5 Å². The van der Waals surface area contributed by atoms with E-state index in [2.05, 4.69) is 16.4 Å². The highest BCUT2D eigenvalue weighted by atomic mass is 16.5. The number of carbonyl (C=O) groups is 1. The van der Waals surface area contributed by atoms with Crippen molar-refractivity contribution in [1.82, 2.24) is 10.3 Å². The van der Waals surface area contributed by atoms with E-state index >= 15 is 0 Å². The highest BCUT2D eigenvalue weighted by Crippen LogP contribution is 2.40. The minimum absolute atomic E-state index is 0.151. The van der Waals surface area contributed by atoms with Crippen molar-refractivity contribution in [3.63, 3.8) is 0 Å². The normalized spacial score (nSPS) is 12.0. The van der Waals surface area contributed by atoms with Crippen LogP contribution >= 0.6 is 0 Å². The number of methoxy groups -OCH3 is 2. The van der Waals surface area contributed by atoms with E-state index in [9.17, 15) is 4.79 Å². The number of carbonyl (C=O) groups excluding carboxylic acids is 1. The van der Waals surface area contributed by atoms with Crippen molar-refractivity contribution in [2.75, 3.05) is 20.8 Å². The molecule has 2 aromatic heterocycles. The zero-order valence-electron chi connectivity index (χ0n) is 17.2. The van der Waals surface area contributed by atoms with Gasteiger partial charge in [-0.2, -0.15) is 0 Å². The van der Waals surface area contributed by atoms with E-state index in [0.717, 1.165) is 22.0 Å². The Bertz CT molecular complexity index is 1170. The van der Waals surface area contributed by atoms with Crippen LogP contribution in [0.3, 0.4) is 0 Å². The number of aryl methyl sites for hydroxylation is 1. The number of hydrogen-bond acceptors (Lipinski definition) is 4. The van der Waals surface area contributed by atoms with Crippen LogP contribution in [0.4, 0.5) is 0 Å². The lowest BCUT2D eigenvalue weighted by Crippen LogP contribution is -2.29. The molecule has 1 atom stereocenters. The molecule has 6 heteroatoms. The van der Waals surface area contributed by atoms with E-state index < -0.39 is 0 Å². The van der Waals surface area contributed by atoms with Crippen LogP contribution in [0.25, 0.3) is 10.9 Å². The van der Waals surface area contributed by atoms with E-state index in [4.69, 9.17) is 13.9 Å². The number of benzene rings is 2. The summed E-state index contributed by atoms with van der Waals surface area (Å²) in [5.41, 5.74) is 3.58. The van der Waals surface area contributed by atoms with Crippen molar-refractivity contribution in [2.24, 2.45) is 0 Å². The second kappa shape index (κ2) is 8.37. The SMILES string of the molecule is COc1cccc(C(CNC(=O)c2ccoc2C)c2c[nH]c3ccccc23)c1OC. The molecule has 6 nitrogen and oxygen atoms in total. The molecule has 0 saturated heterocycles. The van der Waals surface area contributed by atoms with E-state index in [1.165, 1.54) is 6.26 Å². The molecule has 2 aromatic carbocycles. The minimum Gasteiger partial charge on any atom is -0.493 e. The predicted molar refractivity (Wildman–Crippen MR) is 115 cm³/mol. The van der Waals surface area contributed by atoms with Crippen LogP contribution in [-0.2, 0) is 0 Å². The molecule has 0 spiro atoms. The quantitative estimate of drug-likeness (QED) is 0.470. The van der Waals surface area contributed by atoms with Crippen molar-refractivity contribution in [3.05, 3.63) is 83.4 Å². The maximum atomic E-state index is 12.7. The summed E-state index contributed by atoms with van der Waals surface area (Å²) in [6.07, 6.45) is 3.51. The average Bonchev–Trinajstić information content (AvgIpc) is 3.40. The monoisotopic (exact) mass is 404 g/mol. The third-order valence-corrected chi connectivity index (χ3v) is 5.38. The lowest BCUT2D eigenvalue weighted by Gasteiger charge is -2.22. The molecule has 1 amide bonds. The first-order valence-electron chi connectivity index (χ1n) is 9.73. The highest BCUT2D eigenvalue weighted by Gasteiger charge is 2.24. The maximum Gasteiger partial charge on any atom is 0.254 e. The number of aromatic nitrogens is 1. The molecular weight excluding hydrogens is 380 g/mol. The molecule has 2 N–H and O–H groups in total. The number of ether oxygens (including phenoxy) is 2. The number of hydrogen-bond donors (Lipinski definition) is 2. The minimum atomic E-state index is -0.173. The first-order valence-corrected chi connectivity index (χ1v) is 9.73. The van der Waals surface area contributed by atoms with Gasteiger partial charge in [-0.25, -0.2) is 0 Å². The number of para-hydroxylation sites is 2. The standard InChI is InChI=1S/C24H24N2O4/c1-15-16(11-12-30-15)24(27)26-14-20(18-8-6-10-22(28-2)23(18)29-3)19-13-25-21-9-5-4-7-17(19)21/h4-13,20,25H,14H2,1-3H3,(H,26,27). The van der Waals surface area contributed by atoms with E-state index in [-0.39, 0.29) is 11.8 Å². The molecule has 0 aliphatic heterocycles. The Balaban J connectivity index is 1.76.